The summed E-state index contributed by atoms with van der Waals surface area (Å²) in [5.41, 5.74) is 14.1. The average Bonchev–Trinajstić information content (AvgIpc) is 2.46. The highest BCUT2D eigenvalue weighted by atomic mass is 16.5. The topological polar surface area (TPSA) is 73.3 Å². The van der Waals surface area contributed by atoms with Crippen LogP contribution in [0.15, 0.2) is 48.5 Å². The van der Waals surface area contributed by atoms with Gasteiger partial charge in [0.2, 0.25) is 0 Å². The van der Waals surface area contributed by atoms with Crippen LogP contribution in [0.2, 0.25) is 0 Å². The first-order valence-electron chi connectivity index (χ1n) is 6.77. The van der Waals surface area contributed by atoms with Crippen LogP contribution in [-0.2, 0) is 6.42 Å². The minimum atomic E-state index is 0.644. The molecule has 0 saturated heterocycles. The summed E-state index contributed by atoms with van der Waals surface area (Å²) >= 11 is 0. The summed E-state index contributed by atoms with van der Waals surface area (Å²) < 4.78 is 5.59. The number of benzene rings is 2. The van der Waals surface area contributed by atoms with Crippen LogP contribution in [0, 0.1) is 0 Å². The highest BCUT2D eigenvalue weighted by molar-refractivity contribution is 5.41. The average molecular weight is 271 g/mol. The maximum atomic E-state index is 5.65. The van der Waals surface area contributed by atoms with E-state index in [1.54, 1.807) is 0 Å². The van der Waals surface area contributed by atoms with E-state index in [1.807, 2.05) is 36.4 Å². The molecule has 0 heterocycles. The van der Waals surface area contributed by atoms with Gasteiger partial charge in [-0.3, -0.25) is 0 Å². The number of ether oxygens (including phenoxy) is 1. The maximum Gasteiger partial charge on any atom is 0.119 e. The summed E-state index contributed by atoms with van der Waals surface area (Å²) in [4.78, 5) is 0. The number of rotatable bonds is 7. The molecule has 0 amide bonds. The minimum Gasteiger partial charge on any atom is -0.492 e. The smallest absolute Gasteiger partial charge is 0.119 e. The molecule has 0 aliphatic carbocycles. The summed E-state index contributed by atoms with van der Waals surface area (Å²) in [6, 6.07) is 15.4. The van der Waals surface area contributed by atoms with Gasteiger partial charge in [-0.15, -0.1) is 0 Å². The molecule has 2 aromatic carbocycles. The van der Waals surface area contributed by atoms with Gasteiger partial charge in [-0.05, 0) is 54.9 Å². The Labute approximate surface area is 119 Å². The summed E-state index contributed by atoms with van der Waals surface area (Å²) in [6.45, 7) is 2.39. The van der Waals surface area contributed by atoms with Crippen molar-refractivity contribution in [1.29, 1.82) is 0 Å². The van der Waals surface area contributed by atoms with Gasteiger partial charge in [-0.1, -0.05) is 12.1 Å². The predicted octanol–water partition coefficient (Wildman–Crippen LogP) is 2.06. The molecular formula is C16H21N3O. The molecule has 0 fully saturated rings. The third-order valence-electron chi connectivity index (χ3n) is 3.00. The molecule has 0 aromatic heterocycles. The Morgan fingerprint density at radius 2 is 1.40 bits per heavy atom. The summed E-state index contributed by atoms with van der Waals surface area (Å²) in [5.74, 6) is 0.847. The van der Waals surface area contributed by atoms with E-state index < -0.39 is 0 Å². The first-order valence-corrected chi connectivity index (χ1v) is 6.77. The van der Waals surface area contributed by atoms with E-state index in [9.17, 15) is 0 Å². The number of hydrogen-bond donors (Lipinski definition) is 3. The van der Waals surface area contributed by atoms with Gasteiger partial charge >= 0.3 is 0 Å². The first-order chi connectivity index (χ1) is 9.74. The molecule has 0 aliphatic heterocycles. The standard InChI is InChI=1S/C16H21N3O/c17-14-3-1-13(2-4-14)9-10-19-11-12-20-16-7-5-15(18)6-8-16/h1-8,19H,9-12,17-18H2. The lowest BCUT2D eigenvalue weighted by atomic mass is 10.1. The second-order valence-corrected chi connectivity index (χ2v) is 4.66. The molecule has 4 heteroatoms. The van der Waals surface area contributed by atoms with Crippen molar-refractivity contribution in [3.63, 3.8) is 0 Å². The van der Waals surface area contributed by atoms with Crippen LogP contribution in [-0.4, -0.2) is 19.7 Å². The van der Waals surface area contributed by atoms with E-state index in [0.29, 0.717) is 6.61 Å². The van der Waals surface area contributed by atoms with Crippen molar-refractivity contribution in [3.8, 4) is 5.75 Å². The third-order valence-corrected chi connectivity index (χ3v) is 3.00. The van der Waals surface area contributed by atoms with Gasteiger partial charge in [0.1, 0.15) is 12.4 Å². The van der Waals surface area contributed by atoms with Crippen LogP contribution in [0.25, 0.3) is 0 Å². The van der Waals surface area contributed by atoms with Crippen molar-refractivity contribution in [2.45, 2.75) is 6.42 Å². The Kier molecular flexibility index (Phi) is 5.26. The molecule has 2 rings (SSSR count). The van der Waals surface area contributed by atoms with E-state index >= 15 is 0 Å². The van der Waals surface area contributed by atoms with Gasteiger partial charge in [-0.25, -0.2) is 0 Å². The Hall–Kier alpha value is -2.20. The van der Waals surface area contributed by atoms with Crippen LogP contribution in [0.1, 0.15) is 5.56 Å². The monoisotopic (exact) mass is 271 g/mol. The quantitative estimate of drug-likeness (QED) is 0.532. The summed E-state index contributed by atoms with van der Waals surface area (Å²) in [5, 5.41) is 3.35. The molecule has 0 saturated carbocycles. The number of nitrogen functional groups attached to an aromatic ring is 2. The zero-order valence-corrected chi connectivity index (χ0v) is 11.5. The highest BCUT2D eigenvalue weighted by Gasteiger charge is 1.95. The summed E-state index contributed by atoms with van der Waals surface area (Å²) in [6.07, 6.45) is 0.988. The molecule has 5 N–H and O–H groups in total. The van der Waals surface area contributed by atoms with E-state index in [4.69, 9.17) is 16.2 Å². The van der Waals surface area contributed by atoms with Crippen LogP contribution >= 0.6 is 0 Å². The lowest BCUT2D eigenvalue weighted by Crippen LogP contribution is -2.23. The molecule has 0 bridgehead atoms. The first kappa shape index (κ1) is 14.2. The van der Waals surface area contributed by atoms with E-state index in [-0.39, 0.29) is 0 Å². The van der Waals surface area contributed by atoms with Gasteiger partial charge in [0.15, 0.2) is 0 Å². The molecule has 4 nitrogen and oxygen atoms in total. The lowest BCUT2D eigenvalue weighted by molar-refractivity contribution is 0.314. The largest absolute Gasteiger partial charge is 0.492 e. The molecular weight excluding hydrogens is 250 g/mol. The van der Waals surface area contributed by atoms with E-state index in [0.717, 1.165) is 36.6 Å². The molecule has 106 valence electrons. The Morgan fingerprint density at radius 1 is 0.800 bits per heavy atom. The fraction of sp³-hybridized carbons (Fsp3) is 0.250. The number of anilines is 2. The number of nitrogens with two attached hydrogens (primary N) is 2. The van der Waals surface area contributed by atoms with E-state index in [1.165, 1.54) is 5.56 Å². The number of nitrogens with one attached hydrogen (secondary N) is 1. The normalized spacial score (nSPS) is 10.4. The van der Waals surface area contributed by atoms with Gasteiger partial charge in [-0.2, -0.15) is 0 Å². The second kappa shape index (κ2) is 7.40. The molecule has 2 aromatic rings. The molecule has 0 radical (unpaired) electrons. The minimum absolute atomic E-state index is 0.644. The Morgan fingerprint density at radius 3 is 2.05 bits per heavy atom. The van der Waals surface area contributed by atoms with Crippen LogP contribution in [0.4, 0.5) is 11.4 Å². The van der Waals surface area contributed by atoms with Crippen LogP contribution in [0.5, 0.6) is 5.75 Å². The highest BCUT2D eigenvalue weighted by Crippen LogP contribution is 2.12. The van der Waals surface area contributed by atoms with Crippen LogP contribution < -0.4 is 21.5 Å². The fourth-order valence-corrected chi connectivity index (χ4v) is 1.85. The van der Waals surface area contributed by atoms with Crippen molar-refractivity contribution in [1.82, 2.24) is 5.32 Å². The fourth-order valence-electron chi connectivity index (χ4n) is 1.85. The Bertz CT molecular complexity index is 459. The second-order valence-electron chi connectivity index (χ2n) is 4.66. The lowest BCUT2D eigenvalue weighted by Gasteiger charge is -2.08. The van der Waals surface area contributed by atoms with Gasteiger partial charge < -0.3 is 21.5 Å². The van der Waals surface area contributed by atoms with Gasteiger partial charge in [0, 0.05) is 17.9 Å². The molecule has 0 spiro atoms. The Balaban J connectivity index is 1.57. The van der Waals surface area contributed by atoms with Crippen molar-refractivity contribution < 1.29 is 4.74 Å². The maximum absolute atomic E-state index is 5.65. The van der Waals surface area contributed by atoms with Crippen molar-refractivity contribution in [3.05, 3.63) is 54.1 Å². The van der Waals surface area contributed by atoms with Crippen molar-refractivity contribution in [2.75, 3.05) is 31.2 Å². The molecule has 20 heavy (non-hydrogen) atoms. The molecule has 0 atom stereocenters. The van der Waals surface area contributed by atoms with Gasteiger partial charge in [0.25, 0.3) is 0 Å². The van der Waals surface area contributed by atoms with Crippen molar-refractivity contribution in [2.24, 2.45) is 0 Å². The zero-order valence-electron chi connectivity index (χ0n) is 11.5. The van der Waals surface area contributed by atoms with Crippen molar-refractivity contribution >= 4 is 11.4 Å². The SMILES string of the molecule is Nc1ccc(CCNCCOc2ccc(N)cc2)cc1. The molecule has 0 aliphatic rings. The third kappa shape index (κ3) is 4.82. The van der Waals surface area contributed by atoms with E-state index in [2.05, 4.69) is 17.4 Å². The van der Waals surface area contributed by atoms with Crippen LogP contribution in [0.3, 0.4) is 0 Å². The van der Waals surface area contributed by atoms with Gasteiger partial charge in [0.05, 0.1) is 0 Å². The molecule has 0 unspecified atom stereocenters. The predicted molar refractivity (Wildman–Crippen MR) is 83.8 cm³/mol. The zero-order chi connectivity index (χ0) is 14.2. The summed E-state index contributed by atoms with van der Waals surface area (Å²) in [7, 11) is 0. The number of hydrogen-bond acceptors (Lipinski definition) is 4.